The van der Waals surface area contributed by atoms with E-state index in [1.54, 1.807) is 14.2 Å². The van der Waals surface area contributed by atoms with Gasteiger partial charge in [-0.15, -0.1) is 0 Å². The minimum absolute atomic E-state index is 0.0185. The quantitative estimate of drug-likeness (QED) is 0.541. The van der Waals surface area contributed by atoms with Gasteiger partial charge in [-0.25, -0.2) is 8.42 Å². The van der Waals surface area contributed by atoms with Crippen LogP contribution in [0.1, 0.15) is 32.8 Å². The van der Waals surface area contributed by atoms with E-state index in [1.807, 2.05) is 19.1 Å². The van der Waals surface area contributed by atoms with Crippen LogP contribution in [0.5, 0.6) is 5.75 Å². The zero-order chi connectivity index (χ0) is 19.1. The molecule has 7 heteroatoms. The zero-order valence-electron chi connectivity index (χ0n) is 16.1. The summed E-state index contributed by atoms with van der Waals surface area (Å²) in [6, 6.07) is 8.05. The Hall–Kier alpha value is -1.76. The van der Waals surface area contributed by atoms with Crippen LogP contribution in [-0.4, -0.2) is 53.1 Å². The van der Waals surface area contributed by atoms with Crippen LogP contribution in [0.3, 0.4) is 0 Å². The van der Waals surface area contributed by atoms with Crippen molar-refractivity contribution in [2.45, 2.75) is 38.6 Å². The molecule has 2 N–H and O–H groups in total. The van der Waals surface area contributed by atoms with Crippen molar-refractivity contribution in [2.24, 2.45) is 4.99 Å². The maximum absolute atomic E-state index is 11.3. The summed E-state index contributed by atoms with van der Waals surface area (Å²) in [4.78, 5) is 4.22. The summed E-state index contributed by atoms with van der Waals surface area (Å²) < 4.78 is 27.7. The number of hydrogen-bond acceptors (Lipinski definition) is 4. The maximum atomic E-state index is 11.3. The Kier molecular flexibility index (Phi) is 7.73. The Morgan fingerprint density at radius 1 is 1.28 bits per heavy atom. The summed E-state index contributed by atoms with van der Waals surface area (Å²) in [5.41, 5.74) is 1.10. The van der Waals surface area contributed by atoms with Crippen LogP contribution in [0.25, 0.3) is 0 Å². The fourth-order valence-corrected chi connectivity index (χ4v) is 3.12. The van der Waals surface area contributed by atoms with Crippen molar-refractivity contribution in [1.29, 1.82) is 0 Å². The molecule has 25 heavy (non-hydrogen) atoms. The smallest absolute Gasteiger partial charge is 0.191 e. The van der Waals surface area contributed by atoms with Gasteiger partial charge in [0.2, 0.25) is 0 Å². The van der Waals surface area contributed by atoms with E-state index >= 15 is 0 Å². The molecule has 0 aliphatic heterocycles. The summed E-state index contributed by atoms with van der Waals surface area (Å²) in [5, 5.41) is 6.56. The van der Waals surface area contributed by atoms with Gasteiger partial charge in [0.1, 0.15) is 15.6 Å². The van der Waals surface area contributed by atoms with E-state index in [2.05, 4.69) is 41.6 Å². The Bertz CT molecular complexity index is 667. The van der Waals surface area contributed by atoms with Crippen molar-refractivity contribution in [3.05, 3.63) is 29.8 Å². The molecule has 1 aromatic carbocycles. The fourth-order valence-electron chi connectivity index (χ4n) is 2.34. The average molecular weight is 370 g/mol. The SMILES string of the molecule is CN=C(NCC(C)(C)c1ccc(OC)cc1)NC(C)CCS(C)(=O)=O. The number of nitrogens with zero attached hydrogens (tertiary/aromatic N) is 1. The highest BCUT2D eigenvalue weighted by molar-refractivity contribution is 7.90. The van der Waals surface area contributed by atoms with E-state index in [0.717, 1.165) is 5.75 Å². The van der Waals surface area contributed by atoms with Crippen molar-refractivity contribution in [1.82, 2.24) is 10.6 Å². The molecule has 0 saturated carbocycles. The van der Waals surface area contributed by atoms with Crippen molar-refractivity contribution in [2.75, 3.05) is 32.7 Å². The van der Waals surface area contributed by atoms with Crippen LogP contribution in [-0.2, 0) is 15.3 Å². The Morgan fingerprint density at radius 2 is 1.88 bits per heavy atom. The Morgan fingerprint density at radius 3 is 2.36 bits per heavy atom. The second kappa shape index (κ2) is 9.08. The third-order valence-corrected chi connectivity index (χ3v) is 5.07. The number of hydrogen-bond donors (Lipinski definition) is 2. The van der Waals surface area contributed by atoms with Crippen LogP contribution in [0, 0.1) is 0 Å². The molecule has 0 heterocycles. The molecule has 0 aliphatic rings. The van der Waals surface area contributed by atoms with Crippen molar-refractivity contribution in [3.63, 3.8) is 0 Å². The van der Waals surface area contributed by atoms with Crippen LogP contribution in [0.15, 0.2) is 29.3 Å². The zero-order valence-corrected chi connectivity index (χ0v) is 16.9. The number of rotatable bonds is 8. The van der Waals surface area contributed by atoms with Gasteiger partial charge in [0.25, 0.3) is 0 Å². The van der Waals surface area contributed by atoms with Gasteiger partial charge in [-0.3, -0.25) is 4.99 Å². The predicted molar refractivity (Wildman–Crippen MR) is 104 cm³/mol. The van der Waals surface area contributed by atoms with Crippen molar-refractivity contribution in [3.8, 4) is 5.75 Å². The molecule has 1 rings (SSSR count). The second-order valence-electron chi connectivity index (χ2n) is 7.00. The molecule has 0 amide bonds. The lowest BCUT2D eigenvalue weighted by Gasteiger charge is -2.27. The molecule has 6 nitrogen and oxygen atoms in total. The van der Waals surface area contributed by atoms with E-state index in [9.17, 15) is 8.42 Å². The highest BCUT2D eigenvalue weighted by atomic mass is 32.2. The van der Waals surface area contributed by atoms with E-state index in [0.29, 0.717) is 18.9 Å². The molecule has 0 fully saturated rings. The number of ether oxygens (including phenoxy) is 1. The Balaban J connectivity index is 2.60. The first-order chi connectivity index (χ1) is 11.6. The molecule has 142 valence electrons. The summed E-state index contributed by atoms with van der Waals surface area (Å²) in [5.74, 6) is 1.67. The lowest BCUT2D eigenvalue weighted by molar-refractivity contribution is 0.414. The first-order valence-electron chi connectivity index (χ1n) is 8.37. The van der Waals surface area contributed by atoms with Crippen LogP contribution in [0.4, 0.5) is 0 Å². The minimum Gasteiger partial charge on any atom is -0.497 e. The molecule has 1 atom stereocenters. The first-order valence-corrected chi connectivity index (χ1v) is 10.4. The van der Waals surface area contributed by atoms with Gasteiger partial charge in [-0.1, -0.05) is 26.0 Å². The molecule has 0 spiro atoms. The van der Waals surface area contributed by atoms with E-state index in [1.165, 1.54) is 11.8 Å². The number of sulfone groups is 1. The highest BCUT2D eigenvalue weighted by Gasteiger charge is 2.21. The molecule has 0 aromatic heterocycles. The molecule has 0 aliphatic carbocycles. The third-order valence-electron chi connectivity index (χ3n) is 4.10. The largest absolute Gasteiger partial charge is 0.497 e. The lowest BCUT2D eigenvalue weighted by atomic mass is 9.84. The summed E-state index contributed by atoms with van der Waals surface area (Å²) >= 11 is 0. The van der Waals surface area contributed by atoms with Crippen LogP contribution < -0.4 is 15.4 Å². The molecular weight excluding hydrogens is 338 g/mol. The normalized spacial score (nSPS) is 14.1. The van der Waals surface area contributed by atoms with Crippen LogP contribution in [0.2, 0.25) is 0 Å². The van der Waals surface area contributed by atoms with Crippen LogP contribution >= 0.6 is 0 Å². The molecule has 1 aromatic rings. The monoisotopic (exact) mass is 369 g/mol. The van der Waals surface area contributed by atoms with Gasteiger partial charge >= 0.3 is 0 Å². The molecule has 1 unspecified atom stereocenters. The first kappa shape index (κ1) is 21.3. The predicted octanol–water partition coefficient (Wildman–Crippen LogP) is 1.96. The third kappa shape index (κ3) is 7.77. The van der Waals surface area contributed by atoms with Crippen molar-refractivity contribution >= 4 is 15.8 Å². The van der Waals surface area contributed by atoms with E-state index in [4.69, 9.17) is 4.74 Å². The average Bonchev–Trinajstić information content (AvgIpc) is 2.56. The van der Waals surface area contributed by atoms with E-state index in [-0.39, 0.29) is 17.2 Å². The van der Waals surface area contributed by atoms with Crippen molar-refractivity contribution < 1.29 is 13.2 Å². The molecule has 0 saturated heterocycles. The lowest BCUT2D eigenvalue weighted by Crippen LogP contribution is -2.46. The van der Waals surface area contributed by atoms with Gasteiger partial charge in [0.15, 0.2) is 5.96 Å². The number of guanidine groups is 1. The van der Waals surface area contributed by atoms with Gasteiger partial charge in [-0.05, 0) is 31.0 Å². The molecule has 0 bridgehead atoms. The molecular formula is C18H31N3O3S. The number of benzene rings is 1. The highest BCUT2D eigenvalue weighted by Crippen LogP contribution is 2.24. The number of nitrogens with one attached hydrogen (secondary N) is 2. The maximum Gasteiger partial charge on any atom is 0.191 e. The topological polar surface area (TPSA) is 79.8 Å². The summed E-state index contributed by atoms with van der Waals surface area (Å²) in [6.07, 6.45) is 1.80. The van der Waals surface area contributed by atoms with Gasteiger partial charge < -0.3 is 15.4 Å². The van der Waals surface area contributed by atoms with Gasteiger partial charge in [0.05, 0.1) is 12.9 Å². The summed E-state index contributed by atoms with van der Waals surface area (Å²) in [7, 11) is 0.413. The van der Waals surface area contributed by atoms with Gasteiger partial charge in [0, 0.05) is 31.3 Å². The van der Waals surface area contributed by atoms with E-state index < -0.39 is 9.84 Å². The van der Waals surface area contributed by atoms with Gasteiger partial charge in [-0.2, -0.15) is 0 Å². The minimum atomic E-state index is -2.95. The number of methoxy groups -OCH3 is 1. The standard InChI is InChI=1S/C18H31N3O3S/c1-14(11-12-25(6,22)23)21-17(19-4)20-13-18(2,3)15-7-9-16(24-5)10-8-15/h7-10,14H,11-13H2,1-6H3,(H2,19,20,21). The molecule has 0 radical (unpaired) electrons. The Labute approximate surface area is 152 Å². The fraction of sp³-hybridized carbons (Fsp3) is 0.611. The number of aliphatic imine (C=N–C) groups is 1. The second-order valence-corrected chi connectivity index (χ2v) is 9.26. The summed E-state index contributed by atoms with van der Waals surface area (Å²) in [6.45, 7) is 6.95.